The summed E-state index contributed by atoms with van der Waals surface area (Å²) >= 11 is 0. The van der Waals surface area contributed by atoms with Crippen molar-refractivity contribution in [1.29, 1.82) is 0 Å². The summed E-state index contributed by atoms with van der Waals surface area (Å²) in [5.74, 6) is 1.91. The summed E-state index contributed by atoms with van der Waals surface area (Å²) in [6, 6.07) is 4.91. The van der Waals surface area contributed by atoms with E-state index in [9.17, 15) is 0 Å². The van der Waals surface area contributed by atoms with Gasteiger partial charge in [-0.05, 0) is 44.0 Å². The van der Waals surface area contributed by atoms with Crippen molar-refractivity contribution < 1.29 is 4.74 Å². The first-order valence-corrected chi connectivity index (χ1v) is 8.16. The van der Waals surface area contributed by atoms with Gasteiger partial charge in [-0.2, -0.15) is 0 Å². The molecule has 0 aromatic carbocycles. The van der Waals surface area contributed by atoms with E-state index in [1.54, 1.807) is 0 Å². The molecule has 4 aliphatic heterocycles. The average molecular weight is 288 g/mol. The number of pyridine rings is 1. The molecule has 0 radical (unpaired) electrons. The number of nitrogens with one attached hydrogen (secondary N) is 1. The lowest BCUT2D eigenvalue weighted by atomic mass is 9.84. The third-order valence-electron chi connectivity index (χ3n) is 5.09. The molecule has 1 aromatic rings. The van der Waals surface area contributed by atoms with Crippen LogP contribution >= 0.6 is 0 Å². The van der Waals surface area contributed by atoms with Crippen LogP contribution in [-0.2, 0) is 4.74 Å². The van der Waals surface area contributed by atoms with E-state index in [1.165, 1.54) is 32.5 Å². The number of piperidine rings is 3. The van der Waals surface area contributed by atoms with E-state index in [2.05, 4.69) is 32.2 Å². The first-order valence-electron chi connectivity index (χ1n) is 8.16. The molecule has 0 aliphatic carbocycles. The van der Waals surface area contributed by atoms with Gasteiger partial charge in [0.25, 0.3) is 0 Å². The second-order valence-electron chi connectivity index (χ2n) is 6.39. The van der Waals surface area contributed by atoms with Crippen LogP contribution in [0.25, 0.3) is 0 Å². The molecule has 5 rings (SSSR count). The topological polar surface area (TPSA) is 40.6 Å². The van der Waals surface area contributed by atoms with Gasteiger partial charge in [-0.1, -0.05) is 0 Å². The third kappa shape index (κ3) is 2.85. The standard InChI is InChI=1S/C16H24N4O/c1-2-16(20-7-9-21-10-8-20)17-11-14(1)18-15-12-19-5-3-13(15)4-6-19/h1-2,11,13,15,18H,3-10,12H2. The highest BCUT2D eigenvalue weighted by atomic mass is 16.5. The fraction of sp³-hybridized carbons (Fsp3) is 0.688. The van der Waals surface area contributed by atoms with Crippen LogP contribution in [0.2, 0.25) is 0 Å². The summed E-state index contributed by atoms with van der Waals surface area (Å²) in [5, 5.41) is 3.70. The Balaban J connectivity index is 1.39. The molecule has 5 heterocycles. The van der Waals surface area contributed by atoms with Crippen LogP contribution in [0.3, 0.4) is 0 Å². The Morgan fingerprint density at radius 2 is 1.90 bits per heavy atom. The average Bonchev–Trinajstić information content (AvgIpc) is 2.57. The van der Waals surface area contributed by atoms with E-state index in [1.807, 2.05) is 6.20 Å². The minimum atomic E-state index is 0.600. The molecule has 0 saturated carbocycles. The van der Waals surface area contributed by atoms with Gasteiger partial charge >= 0.3 is 0 Å². The van der Waals surface area contributed by atoms with Gasteiger partial charge in [-0.3, -0.25) is 0 Å². The van der Waals surface area contributed by atoms with Gasteiger partial charge in [-0.15, -0.1) is 0 Å². The lowest BCUT2D eigenvalue weighted by Crippen LogP contribution is -2.53. The van der Waals surface area contributed by atoms with Crippen LogP contribution in [0.1, 0.15) is 12.8 Å². The third-order valence-corrected chi connectivity index (χ3v) is 5.09. The van der Waals surface area contributed by atoms with Gasteiger partial charge in [0, 0.05) is 25.7 Å². The second-order valence-corrected chi connectivity index (χ2v) is 6.39. The Bertz CT molecular complexity index is 464. The molecule has 0 amide bonds. The first kappa shape index (κ1) is 13.3. The second kappa shape index (κ2) is 5.81. The molecule has 1 atom stereocenters. The Labute approximate surface area is 126 Å². The fourth-order valence-corrected chi connectivity index (χ4v) is 3.79. The van der Waals surface area contributed by atoms with Crippen LogP contribution in [-0.4, -0.2) is 61.9 Å². The number of aromatic nitrogens is 1. The van der Waals surface area contributed by atoms with E-state index in [0.717, 1.165) is 43.7 Å². The molecular weight excluding hydrogens is 264 g/mol. The monoisotopic (exact) mass is 288 g/mol. The molecule has 4 saturated heterocycles. The van der Waals surface area contributed by atoms with E-state index < -0.39 is 0 Å². The predicted molar refractivity (Wildman–Crippen MR) is 83.8 cm³/mol. The van der Waals surface area contributed by atoms with Gasteiger partial charge < -0.3 is 19.9 Å². The number of anilines is 2. The Kier molecular flexibility index (Phi) is 3.69. The van der Waals surface area contributed by atoms with Crippen molar-refractivity contribution in [3.05, 3.63) is 18.3 Å². The molecule has 5 heteroatoms. The van der Waals surface area contributed by atoms with Crippen molar-refractivity contribution in [3.63, 3.8) is 0 Å². The summed E-state index contributed by atoms with van der Waals surface area (Å²) in [4.78, 5) is 9.49. The summed E-state index contributed by atoms with van der Waals surface area (Å²) in [6.45, 7) is 7.27. The van der Waals surface area contributed by atoms with Crippen molar-refractivity contribution in [1.82, 2.24) is 9.88 Å². The van der Waals surface area contributed by atoms with Crippen LogP contribution in [0.15, 0.2) is 18.3 Å². The number of hydrogen-bond donors (Lipinski definition) is 1. The van der Waals surface area contributed by atoms with E-state index in [4.69, 9.17) is 4.74 Å². The SMILES string of the molecule is c1cc(N2CCOCC2)ncc1NC1CN2CCC1CC2. The quantitative estimate of drug-likeness (QED) is 0.911. The Morgan fingerprint density at radius 1 is 1.10 bits per heavy atom. The maximum Gasteiger partial charge on any atom is 0.128 e. The van der Waals surface area contributed by atoms with Gasteiger partial charge in [0.05, 0.1) is 25.1 Å². The zero-order valence-corrected chi connectivity index (χ0v) is 12.5. The highest BCUT2D eigenvalue weighted by Crippen LogP contribution is 2.29. The van der Waals surface area contributed by atoms with Crippen LogP contribution < -0.4 is 10.2 Å². The van der Waals surface area contributed by atoms with Crippen LogP contribution in [0, 0.1) is 5.92 Å². The predicted octanol–water partition coefficient (Wildman–Crippen LogP) is 1.42. The first-order chi connectivity index (χ1) is 10.4. The Hall–Kier alpha value is -1.33. The molecule has 114 valence electrons. The summed E-state index contributed by atoms with van der Waals surface area (Å²) < 4.78 is 5.39. The van der Waals surface area contributed by atoms with Crippen molar-refractivity contribution in [3.8, 4) is 0 Å². The van der Waals surface area contributed by atoms with E-state index >= 15 is 0 Å². The summed E-state index contributed by atoms with van der Waals surface area (Å²) in [7, 11) is 0. The number of fused-ring (bicyclic) bond motifs is 3. The lowest BCUT2D eigenvalue weighted by molar-refractivity contribution is 0.0975. The highest BCUT2D eigenvalue weighted by molar-refractivity contribution is 5.49. The minimum absolute atomic E-state index is 0.600. The molecule has 1 unspecified atom stereocenters. The number of ether oxygens (including phenoxy) is 1. The largest absolute Gasteiger partial charge is 0.379 e. The maximum atomic E-state index is 5.39. The number of nitrogens with zero attached hydrogens (tertiary/aromatic N) is 3. The molecule has 4 aliphatic rings. The van der Waals surface area contributed by atoms with E-state index in [0.29, 0.717) is 6.04 Å². The minimum Gasteiger partial charge on any atom is -0.379 e. The van der Waals surface area contributed by atoms with Crippen LogP contribution in [0.5, 0.6) is 0 Å². The zero-order valence-electron chi connectivity index (χ0n) is 12.5. The number of hydrogen-bond acceptors (Lipinski definition) is 5. The number of rotatable bonds is 3. The molecule has 4 fully saturated rings. The molecule has 1 aromatic heterocycles. The van der Waals surface area contributed by atoms with Gasteiger partial charge in [-0.25, -0.2) is 4.98 Å². The van der Waals surface area contributed by atoms with Crippen molar-refractivity contribution in [2.24, 2.45) is 5.92 Å². The van der Waals surface area contributed by atoms with Crippen LogP contribution in [0.4, 0.5) is 11.5 Å². The Morgan fingerprint density at radius 3 is 2.52 bits per heavy atom. The smallest absolute Gasteiger partial charge is 0.128 e. The van der Waals surface area contributed by atoms with Crippen molar-refractivity contribution in [2.45, 2.75) is 18.9 Å². The molecule has 2 bridgehead atoms. The molecule has 5 nitrogen and oxygen atoms in total. The van der Waals surface area contributed by atoms with Gasteiger partial charge in [0.1, 0.15) is 5.82 Å². The molecule has 1 N–H and O–H groups in total. The maximum absolute atomic E-state index is 5.39. The van der Waals surface area contributed by atoms with Crippen molar-refractivity contribution >= 4 is 11.5 Å². The van der Waals surface area contributed by atoms with Crippen molar-refractivity contribution in [2.75, 3.05) is 56.2 Å². The summed E-state index contributed by atoms with van der Waals surface area (Å²) in [6.07, 6.45) is 4.68. The fourth-order valence-electron chi connectivity index (χ4n) is 3.79. The lowest BCUT2D eigenvalue weighted by Gasteiger charge is -2.45. The summed E-state index contributed by atoms with van der Waals surface area (Å²) in [5.41, 5.74) is 1.16. The van der Waals surface area contributed by atoms with Gasteiger partial charge in [0.2, 0.25) is 0 Å². The molecular formula is C16H24N4O. The van der Waals surface area contributed by atoms with E-state index in [-0.39, 0.29) is 0 Å². The normalized spacial score (nSPS) is 32.2. The molecule has 0 spiro atoms. The molecule has 21 heavy (non-hydrogen) atoms. The highest BCUT2D eigenvalue weighted by Gasteiger charge is 2.33. The van der Waals surface area contributed by atoms with Gasteiger partial charge in [0.15, 0.2) is 0 Å². The zero-order chi connectivity index (χ0) is 14.1. The number of morpholine rings is 1.